The molecule has 154 valence electrons. The molecule has 6 nitrogen and oxygen atoms in total. The number of hydrogen-bond donors (Lipinski definition) is 3. The van der Waals surface area contributed by atoms with E-state index in [4.69, 9.17) is 9.47 Å². The second kappa shape index (κ2) is 6.54. The summed E-state index contributed by atoms with van der Waals surface area (Å²) in [6, 6.07) is 7.45. The summed E-state index contributed by atoms with van der Waals surface area (Å²) < 4.78 is 13.2. The van der Waals surface area contributed by atoms with E-state index in [0.29, 0.717) is 6.54 Å². The average molecular weight is 396 g/mol. The first-order chi connectivity index (χ1) is 13.9. The van der Waals surface area contributed by atoms with Gasteiger partial charge in [0.15, 0.2) is 11.7 Å². The summed E-state index contributed by atoms with van der Waals surface area (Å²) in [7, 11) is 0. The number of hydrogen-bond acceptors (Lipinski definition) is 6. The highest BCUT2D eigenvalue weighted by Gasteiger charge is 2.58. The van der Waals surface area contributed by atoms with Crippen LogP contribution in [0.5, 0.6) is 23.0 Å². The normalized spacial score (nSPS) is 28.1. The van der Waals surface area contributed by atoms with Crippen LogP contribution in [0.25, 0.3) is 0 Å². The predicted molar refractivity (Wildman–Crippen MR) is 110 cm³/mol. The van der Waals surface area contributed by atoms with Gasteiger partial charge < -0.3 is 25.0 Å². The molecule has 2 aromatic rings. The maximum atomic E-state index is 10.5. The largest absolute Gasteiger partial charge is 0.508 e. The van der Waals surface area contributed by atoms with E-state index in [9.17, 15) is 10.2 Å². The zero-order valence-corrected chi connectivity index (χ0v) is 17.2. The van der Waals surface area contributed by atoms with Crippen molar-refractivity contribution in [2.75, 3.05) is 32.7 Å². The topological polar surface area (TPSA) is 74.2 Å². The fraction of sp³-hybridized carbons (Fsp3) is 0.478. The van der Waals surface area contributed by atoms with Gasteiger partial charge in [-0.2, -0.15) is 0 Å². The second-order valence-corrected chi connectivity index (χ2v) is 8.66. The summed E-state index contributed by atoms with van der Waals surface area (Å²) in [5.41, 5.74) is 2.75. The van der Waals surface area contributed by atoms with E-state index in [1.807, 2.05) is 32.0 Å². The van der Waals surface area contributed by atoms with Crippen LogP contribution in [0.1, 0.15) is 35.1 Å². The molecule has 0 aliphatic carbocycles. The van der Waals surface area contributed by atoms with Crippen molar-refractivity contribution in [3.8, 4) is 23.0 Å². The lowest BCUT2D eigenvalue weighted by atomic mass is 9.77. The number of ether oxygens (including phenoxy) is 2. The summed E-state index contributed by atoms with van der Waals surface area (Å²) in [5.74, 6) is 2.13. The third kappa shape index (κ3) is 2.77. The van der Waals surface area contributed by atoms with Gasteiger partial charge in [0.2, 0.25) is 0 Å². The van der Waals surface area contributed by atoms with Gasteiger partial charge in [0.25, 0.3) is 0 Å². The quantitative estimate of drug-likeness (QED) is 0.725. The van der Waals surface area contributed by atoms with Crippen LogP contribution in [0, 0.1) is 13.8 Å². The number of rotatable bonds is 2. The van der Waals surface area contributed by atoms with Crippen LogP contribution in [0.3, 0.4) is 0 Å². The Hall–Kier alpha value is -2.44. The monoisotopic (exact) mass is 396 g/mol. The number of phenolic OH excluding ortho intramolecular Hbond substituents is 2. The minimum Gasteiger partial charge on any atom is -0.508 e. The Kier molecular flexibility index (Phi) is 4.19. The molecule has 0 bridgehead atoms. The number of piperazine rings is 1. The number of benzene rings is 2. The molecule has 0 spiro atoms. The molecule has 2 aromatic carbocycles. The van der Waals surface area contributed by atoms with Gasteiger partial charge in [0.1, 0.15) is 23.0 Å². The minimum atomic E-state index is -0.701. The van der Waals surface area contributed by atoms with Crippen LogP contribution in [0.4, 0.5) is 0 Å². The second-order valence-electron chi connectivity index (χ2n) is 8.66. The Morgan fingerprint density at radius 1 is 1.03 bits per heavy atom. The van der Waals surface area contributed by atoms with Crippen molar-refractivity contribution in [1.29, 1.82) is 0 Å². The van der Waals surface area contributed by atoms with Gasteiger partial charge >= 0.3 is 0 Å². The maximum Gasteiger partial charge on any atom is 0.187 e. The first-order valence-corrected chi connectivity index (χ1v) is 10.4. The predicted octanol–water partition coefficient (Wildman–Crippen LogP) is 2.77. The third-order valence-corrected chi connectivity index (χ3v) is 6.70. The Morgan fingerprint density at radius 2 is 1.69 bits per heavy atom. The average Bonchev–Trinajstić information content (AvgIpc) is 2.98. The molecule has 3 aliphatic rings. The number of aromatic hydroxyl groups is 2. The number of nitrogens with one attached hydrogen (secondary N) is 1. The highest BCUT2D eigenvalue weighted by atomic mass is 16.6. The smallest absolute Gasteiger partial charge is 0.187 e. The summed E-state index contributed by atoms with van der Waals surface area (Å²) in [6.45, 7) is 10.4. The van der Waals surface area contributed by atoms with Crippen LogP contribution in [-0.4, -0.2) is 53.9 Å². The number of aryl methyl sites for hydroxylation is 2. The van der Waals surface area contributed by atoms with Crippen molar-refractivity contribution in [3.05, 3.63) is 46.5 Å². The fourth-order valence-corrected chi connectivity index (χ4v) is 5.00. The molecule has 3 N–H and O–H groups in total. The minimum absolute atomic E-state index is 0.0306. The lowest BCUT2D eigenvalue weighted by Gasteiger charge is -2.45. The van der Waals surface area contributed by atoms with E-state index >= 15 is 0 Å². The molecule has 0 aromatic heterocycles. The summed E-state index contributed by atoms with van der Waals surface area (Å²) in [4.78, 5) is 2.41. The van der Waals surface area contributed by atoms with E-state index in [-0.39, 0.29) is 23.5 Å². The van der Waals surface area contributed by atoms with Crippen molar-refractivity contribution in [1.82, 2.24) is 10.2 Å². The van der Waals surface area contributed by atoms with Crippen LogP contribution in [-0.2, 0) is 5.60 Å². The molecule has 0 saturated carbocycles. The molecule has 0 unspecified atom stereocenters. The van der Waals surface area contributed by atoms with Crippen LogP contribution >= 0.6 is 0 Å². The first-order valence-electron chi connectivity index (χ1n) is 10.4. The van der Waals surface area contributed by atoms with Gasteiger partial charge in [0.05, 0.1) is 0 Å². The van der Waals surface area contributed by atoms with Gasteiger partial charge in [-0.25, -0.2) is 0 Å². The number of fused-ring (bicyclic) bond motifs is 4. The number of nitrogens with zero attached hydrogens (tertiary/aromatic N) is 1. The Balaban J connectivity index is 1.66. The molecule has 29 heavy (non-hydrogen) atoms. The van der Waals surface area contributed by atoms with Gasteiger partial charge in [-0.1, -0.05) is 6.92 Å². The lowest BCUT2D eigenvalue weighted by molar-refractivity contribution is -0.0664. The highest BCUT2D eigenvalue weighted by molar-refractivity contribution is 5.57. The zero-order chi connectivity index (χ0) is 20.3. The Bertz CT molecular complexity index is 970. The standard InChI is InChI=1S/C23H28N2O4/c1-13-8-20-16(10-18(13)26)15(3)22-23(29-20,12-25-6-4-24-5-7-25)17-11-19(27)14(2)9-21(17)28-22/h8-11,15,22,24,26-27H,4-7,12H2,1-3H3/t15-,22-,23-/m1/s1. The molecule has 6 heteroatoms. The van der Waals surface area contributed by atoms with Crippen molar-refractivity contribution in [2.24, 2.45) is 0 Å². The van der Waals surface area contributed by atoms with Crippen molar-refractivity contribution in [2.45, 2.75) is 38.4 Å². The van der Waals surface area contributed by atoms with Gasteiger partial charge in [-0.05, 0) is 49.2 Å². The summed E-state index contributed by atoms with van der Waals surface area (Å²) in [6.07, 6.45) is -0.233. The molecule has 1 fully saturated rings. The van der Waals surface area contributed by atoms with Crippen molar-refractivity contribution < 1.29 is 19.7 Å². The molecule has 1 saturated heterocycles. The Labute approximate surface area is 171 Å². The van der Waals surface area contributed by atoms with Crippen molar-refractivity contribution >= 4 is 0 Å². The van der Waals surface area contributed by atoms with E-state index in [1.165, 1.54) is 0 Å². The van der Waals surface area contributed by atoms with Gasteiger partial charge in [-0.3, -0.25) is 4.90 Å². The van der Waals surface area contributed by atoms with E-state index in [0.717, 1.165) is 59.9 Å². The highest BCUT2D eigenvalue weighted by Crippen LogP contribution is 2.55. The molecular weight excluding hydrogens is 368 g/mol. The van der Waals surface area contributed by atoms with E-state index in [2.05, 4.69) is 17.1 Å². The molecule has 3 atom stereocenters. The zero-order valence-electron chi connectivity index (χ0n) is 17.2. The molecule has 5 rings (SSSR count). The van der Waals surface area contributed by atoms with Crippen LogP contribution < -0.4 is 14.8 Å². The SMILES string of the molecule is Cc1cc2c(cc1O)[C@@H](C)[C@H]1Oc3cc(C)c(O)cc3[C@@]1(CN1CCNCC1)O2. The lowest BCUT2D eigenvalue weighted by Crippen LogP contribution is -2.58. The van der Waals surface area contributed by atoms with Crippen molar-refractivity contribution in [3.63, 3.8) is 0 Å². The van der Waals surface area contributed by atoms with E-state index < -0.39 is 5.60 Å². The summed E-state index contributed by atoms with van der Waals surface area (Å²) >= 11 is 0. The van der Waals surface area contributed by atoms with E-state index in [1.54, 1.807) is 6.07 Å². The molecule has 0 amide bonds. The van der Waals surface area contributed by atoms with Gasteiger partial charge in [0, 0.05) is 49.8 Å². The third-order valence-electron chi connectivity index (χ3n) is 6.70. The molecule has 3 aliphatic heterocycles. The van der Waals surface area contributed by atoms with Crippen LogP contribution in [0.15, 0.2) is 24.3 Å². The number of phenols is 2. The van der Waals surface area contributed by atoms with Crippen LogP contribution in [0.2, 0.25) is 0 Å². The fourth-order valence-electron chi connectivity index (χ4n) is 5.00. The maximum absolute atomic E-state index is 10.5. The molecule has 3 heterocycles. The van der Waals surface area contributed by atoms with Gasteiger partial charge in [-0.15, -0.1) is 0 Å². The Morgan fingerprint density at radius 3 is 2.41 bits per heavy atom. The summed E-state index contributed by atoms with van der Waals surface area (Å²) in [5, 5.41) is 24.1. The molecule has 0 radical (unpaired) electrons. The first kappa shape index (κ1) is 18.6. The molecular formula is C23H28N2O4.